The molecule has 3 aromatic carbocycles. The Balaban J connectivity index is 1.47. The van der Waals surface area contributed by atoms with Crippen molar-refractivity contribution in [1.82, 2.24) is 0 Å². The Morgan fingerprint density at radius 2 is 1.02 bits per heavy atom. The summed E-state index contributed by atoms with van der Waals surface area (Å²) in [5.74, 6) is 2.38. The Morgan fingerprint density at radius 1 is 0.585 bits per heavy atom. The van der Waals surface area contributed by atoms with Crippen molar-refractivity contribution in [2.24, 2.45) is 0 Å². The van der Waals surface area contributed by atoms with Crippen molar-refractivity contribution in [2.75, 3.05) is 34.5 Å². The summed E-state index contributed by atoms with van der Waals surface area (Å²) in [5, 5.41) is 0. The van der Waals surface area contributed by atoms with Gasteiger partial charge in [0.15, 0.2) is 0 Å². The number of rotatable bonds is 15. The molecule has 222 valence electrons. The van der Waals surface area contributed by atoms with Crippen LogP contribution in [-0.4, -0.2) is 64.4 Å². The molecule has 0 unspecified atom stereocenters. The average Bonchev–Trinajstić information content (AvgIpc) is 3.01. The van der Waals surface area contributed by atoms with Crippen LogP contribution in [0.5, 0.6) is 17.2 Å². The summed E-state index contributed by atoms with van der Waals surface area (Å²) in [6.07, 6.45) is -1.79. The van der Waals surface area contributed by atoms with E-state index in [2.05, 4.69) is 0 Å². The maximum absolute atomic E-state index is 6.53. The van der Waals surface area contributed by atoms with Crippen molar-refractivity contribution in [3.05, 3.63) is 89.5 Å². The van der Waals surface area contributed by atoms with Crippen LogP contribution < -0.4 is 14.2 Å². The van der Waals surface area contributed by atoms with Crippen molar-refractivity contribution in [3.8, 4) is 17.2 Å². The van der Waals surface area contributed by atoms with Crippen LogP contribution in [0.25, 0.3) is 0 Å². The molecule has 0 spiro atoms. The number of methoxy groups -OCH3 is 3. The Labute approximate surface area is 248 Å². The summed E-state index contributed by atoms with van der Waals surface area (Å²) in [6.45, 7) is 3.88. The maximum Gasteiger partial charge on any atom is 0.129 e. The zero-order chi connectivity index (χ0) is 29.0. The van der Waals surface area contributed by atoms with E-state index in [4.69, 9.17) is 50.5 Å². The van der Waals surface area contributed by atoms with E-state index in [1.807, 2.05) is 79.7 Å². The maximum atomic E-state index is 6.53. The second-order valence-electron chi connectivity index (χ2n) is 9.60. The minimum absolute atomic E-state index is 0.307. The fourth-order valence-corrected chi connectivity index (χ4v) is 5.05. The quantitative estimate of drug-likeness (QED) is 0.236. The van der Waals surface area contributed by atoms with Gasteiger partial charge in [0, 0.05) is 6.61 Å². The summed E-state index contributed by atoms with van der Waals surface area (Å²) in [7, 11) is 4.94. The molecule has 41 heavy (non-hydrogen) atoms. The smallest absolute Gasteiger partial charge is 0.129 e. The van der Waals surface area contributed by atoms with Crippen LogP contribution in [0.15, 0.2) is 72.8 Å². The first kappa shape index (κ1) is 31.2. The first-order valence-corrected chi connectivity index (χ1v) is 14.2. The van der Waals surface area contributed by atoms with Crippen LogP contribution in [0.2, 0.25) is 0 Å². The number of hydrogen-bond donors (Lipinski definition) is 1. The van der Waals surface area contributed by atoms with Crippen LogP contribution in [0, 0.1) is 0 Å². The molecule has 0 N–H and O–H groups in total. The number of benzene rings is 3. The van der Waals surface area contributed by atoms with Crippen LogP contribution in [-0.2, 0) is 43.5 Å². The summed E-state index contributed by atoms with van der Waals surface area (Å²) in [6, 6.07) is 23.3. The van der Waals surface area contributed by atoms with E-state index < -0.39 is 29.9 Å². The van der Waals surface area contributed by atoms with Gasteiger partial charge in [0.25, 0.3) is 0 Å². The largest absolute Gasteiger partial charge is 0.497 e. The van der Waals surface area contributed by atoms with E-state index in [9.17, 15) is 0 Å². The fraction of sp³-hybridized carbons (Fsp3) is 0.438. The van der Waals surface area contributed by atoms with Gasteiger partial charge < -0.3 is 37.9 Å². The second kappa shape index (κ2) is 16.0. The first-order chi connectivity index (χ1) is 20.0. The molecule has 1 aliphatic rings. The highest BCUT2D eigenvalue weighted by Gasteiger charge is 2.47. The summed E-state index contributed by atoms with van der Waals surface area (Å²) >= 11 is 4.79. The van der Waals surface area contributed by atoms with Gasteiger partial charge in [-0.1, -0.05) is 36.4 Å². The third kappa shape index (κ3) is 8.85. The van der Waals surface area contributed by atoms with Gasteiger partial charge in [-0.15, -0.1) is 12.6 Å². The third-order valence-corrected chi connectivity index (χ3v) is 7.30. The third-order valence-electron chi connectivity index (χ3n) is 6.88. The lowest BCUT2D eigenvalue weighted by molar-refractivity contribution is -0.251. The standard InChI is InChI=1S/C32H40O8S/c1-5-37-29-28(21-36-18-22-6-12-25(33-2)13-7-22)40-32(41)31(39-20-24-10-16-27(35-4)17-11-24)30(29)38-19-23-8-14-26(34-3)15-9-23/h6-17,28-32,41H,5,18-21H2,1-4H3/t28-,29+,30+,31-,32+/m1/s1. The van der Waals surface area contributed by atoms with Crippen LogP contribution in [0.1, 0.15) is 23.6 Å². The normalized spacial score (nSPS) is 22.3. The molecule has 1 aliphatic heterocycles. The molecule has 0 aromatic heterocycles. The average molecular weight is 585 g/mol. The zero-order valence-corrected chi connectivity index (χ0v) is 25.0. The van der Waals surface area contributed by atoms with E-state index in [-0.39, 0.29) is 0 Å². The summed E-state index contributed by atoms with van der Waals surface area (Å²) < 4.78 is 47.4. The Hall–Kier alpha value is -2.79. The van der Waals surface area contributed by atoms with E-state index >= 15 is 0 Å². The highest BCUT2D eigenvalue weighted by Crippen LogP contribution is 2.32. The lowest BCUT2D eigenvalue weighted by Crippen LogP contribution is -2.59. The van der Waals surface area contributed by atoms with Crippen molar-refractivity contribution < 1.29 is 37.9 Å². The lowest BCUT2D eigenvalue weighted by Gasteiger charge is -2.44. The summed E-state index contributed by atoms with van der Waals surface area (Å²) in [4.78, 5) is 0. The molecule has 0 radical (unpaired) electrons. The van der Waals surface area contributed by atoms with Crippen molar-refractivity contribution >= 4 is 12.6 Å². The monoisotopic (exact) mass is 584 g/mol. The predicted octanol–water partition coefficient (Wildman–Crippen LogP) is 5.46. The van der Waals surface area contributed by atoms with Gasteiger partial charge >= 0.3 is 0 Å². The summed E-state index contributed by atoms with van der Waals surface area (Å²) in [5.41, 5.74) is 2.48. The van der Waals surface area contributed by atoms with Gasteiger partial charge in [-0.3, -0.25) is 0 Å². The number of hydrogen-bond acceptors (Lipinski definition) is 9. The van der Waals surface area contributed by atoms with Gasteiger partial charge in [-0.2, -0.15) is 0 Å². The molecule has 0 amide bonds. The van der Waals surface area contributed by atoms with Crippen LogP contribution in [0.4, 0.5) is 0 Å². The molecule has 1 saturated heterocycles. The van der Waals surface area contributed by atoms with Crippen molar-refractivity contribution in [2.45, 2.75) is 56.6 Å². The van der Waals surface area contributed by atoms with Gasteiger partial charge in [-0.25, -0.2) is 0 Å². The van der Waals surface area contributed by atoms with E-state index in [1.165, 1.54) is 0 Å². The van der Waals surface area contributed by atoms with Crippen LogP contribution >= 0.6 is 12.6 Å². The topological polar surface area (TPSA) is 73.8 Å². The highest BCUT2D eigenvalue weighted by molar-refractivity contribution is 7.80. The second-order valence-corrected chi connectivity index (χ2v) is 10.1. The molecule has 5 atom stereocenters. The fourth-order valence-electron chi connectivity index (χ4n) is 4.63. The van der Waals surface area contributed by atoms with Crippen molar-refractivity contribution in [1.29, 1.82) is 0 Å². The Bertz CT molecular complexity index is 1160. The molecular weight excluding hydrogens is 544 g/mol. The molecule has 8 nitrogen and oxygen atoms in total. The van der Waals surface area contributed by atoms with Gasteiger partial charge in [0.2, 0.25) is 0 Å². The molecule has 3 aromatic rings. The van der Waals surface area contributed by atoms with E-state index in [0.29, 0.717) is 33.0 Å². The first-order valence-electron chi connectivity index (χ1n) is 13.7. The molecule has 1 fully saturated rings. The lowest BCUT2D eigenvalue weighted by atomic mass is 9.99. The highest BCUT2D eigenvalue weighted by atomic mass is 32.1. The Morgan fingerprint density at radius 3 is 1.46 bits per heavy atom. The van der Waals surface area contributed by atoms with E-state index in [0.717, 1.165) is 33.9 Å². The predicted molar refractivity (Wildman–Crippen MR) is 159 cm³/mol. The number of thiol groups is 1. The van der Waals surface area contributed by atoms with Crippen molar-refractivity contribution in [3.63, 3.8) is 0 Å². The molecule has 0 saturated carbocycles. The van der Waals surface area contributed by atoms with E-state index in [1.54, 1.807) is 21.3 Å². The number of ether oxygens (including phenoxy) is 8. The molecule has 4 rings (SSSR count). The molecular formula is C32H40O8S. The minimum atomic E-state index is -0.555. The Kier molecular flexibility index (Phi) is 12.2. The molecule has 9 heteroatoms. The van der Waals surface area contributed by atoms with Gasteiger partial charge in [-0.05, 0) is 60.0 Å². The SMILES string of the molecule is CCO[C@@H]1[C@H](OCc2ccc(OC)cc2)[C@@H](OCc2ccc(OC)cc2)[C@H](S)O[C@@H]1COCc1ccc(OC)cc1. The molecule has 1 heterocycles. The van der Waals surface area contributed by atoms with Gasteiger partial charge in [0.1, 0.15) is 47.1 Å². The molecule has 0 bridgehead atoms. The zero-order valence-electron chi connectivity index (χ0n) is 24.1. The van der Waals surface area contributed by atoms with Crippen LogP contribution in [0.3, 0.4) is 0 Å². The minimum Gasteiger partial charge on any atom is -0.497 e. The molecule has 0 aliphatic carbocycles. The van der Waals surface area contributed by atoms with Gasteiger partial charge in [0.05, 0.1) is 47.8 Å².